The summed E-state index contributed by atoms with van der Waals surface area (Å²) in [5.41, 5.74) is 0.957. The molecule has 0 spiro atoms. The van der Waals surface area contributed by atoms with E-state index in [0.717, 1.165) is 12.8 Å². The number of nitro groups is 1. The van der Waals surface area contributed by atoms with E-state index in [2.05, 4.69) is 10.0 Å². The number of rotatable bonds is 6. The van der Waals surface area contributed by atoms with Crippen LogP contribution in [0.5, 0.6) is 0 Å². The Bertz CT molecular complexity index is 1030. The Morgan fingerprint density at radius 2 is 1.78 bits per heavy atom. The van der Waals surface area contributed by atoms with E-state index in [0.29, 0.717) is 11.1 Å². The van der Waals surface area contributed by atoms with Crippen LogP contribution in [0.1, 0.15) is 34.3 Å². The fourth-order valence-electron chi connectivity index (χ4n) is 2.59. The molecule has 0 atom stereocenters. The van der Waals surface area contributed by atoms with E-state index in [1.165, 1.54) is 24.3 Å². The van der Waals surface area contributed by atoms with Gasteiger partial charge in [0.1, 0.15) is 0 Å². The van der Waals surface area contributed by atoms with E-state index in [1.54, 1.807) is 26.0 Å². The zero-order chi connectivity index (χ0) is 19.8. The Hall–Kier alpha value is -2.94. The van der Waals surface area contributed by atoms with Gasteiger partial charge < -0.3 is 5.32 Å². The first-order chi connectivity index (χ1) is 12.7. The molecule has 8 nitrogen and oxygen atoms in total. The quantitative estimate of drug-likeness (QED) is 0.582. The molecule has 2 N–H and O–H groups in total. The smallest absolute Gasteiger partial charge is 0.290 e. The molecule has 3 rings (SSSR count). The Morgan fingerprint density at radius 1 is 1.15 bits per heavy atom. The number of nitrogens with zero attached hydrogens (tertiary/aromatic N) is 1. The van der Waals surface area contributed by atoms with Crippen molar-refractivity contribution in [3.05, 3.63) is 63.2 Å². The molecule has 0 bridgehead atoms. The van der Waals surface area contributed by atoms with E-state index in [-0.39, 0.29) is 23.2 Å². The van der Waals surface area contributed by atoms with Gasteiger partial charge in [-0.25, -0.2) is 8.42 Å². The molecule has 9 heteroatoms. The first-order valence-electron chi connectivity index (χ1n) is 8.37. The summed E-state index contributed by atoms with van der Waals surface area (Å²) in [7, 11) is -4.27. The Morgan fingerprint density at radius 3 is 2.41 bits per heavy atom. The molecule has 0 radical (unpaired) electrons. The third-order valence-electron chi connectivity index (χ3n) is 4.39. The van der Waals surface area contributed by atoms with Crippen molar-refractivity contribution in [3.63, 3.8) is 0 Å². The van der Waals surface area contributed by atoms with Crippen LogP contribution in [-0.2, 0) is 10.0 Å². The molecule has 0 aliphatic heterocycles. The van der Waals surface area contributed by atoms with E-state index in [9.17, 15) is 23.3 Å². The van der Waals surface area contributed by atoms with Gasteiger partial charge in [0.25, 0.3) is 21.6 Å². The third kappa shape index (κ3) is 4.08. The summed E-state index contributed by atoms with van der Waals surface area (Å²) < 4.78 is 28.0. The summed E-state index contributed by atoms with van der Waals surface area (Å²) in [5.74, 6) is -0.384. The minimum atomic E-state index is -4.27. The number of hydrogen-bond acceptors (Lipinski definition) is 5. The van der Waals surface area contributed by atoms with Gasteiger partial charge in [-0.2, -0.15) is 0 Å². The summed E-state index contributed by atoms with van der Waals surface area (Å²) in [6.07, 6.45) is 1.79. The third-order valence-corrected chi connectivity index (χ3v) is 5.78. The monoisotopic (exact) mass is 389 g/mol. The molecule has 1 aliphatic rings. The molecule has 2 aromatic rings. The van der Waals surface area contributed by atoms with Crippen molar-refractivity contribution >= 4 is 27.3 Å². The van der Waals surface area contributed by atoms with Crippen LogP contribution in [0.15, 0.2) is 41.3 Å². The highest BCUT2D eigenvalue weighted by atomic mass is 32.2. The number of nitro benzene ring substituents is 1. The van der Waals surface area contributed by atoms with Gasteiger partial charge in [-0.15, -0.1) is 0 Å². The lowest BCUT2D eigenvalue weighted by Gasteiger charge is -2.13. The Labute approximate surface area is 156 Å². The first-order valence-corrected chi connectivity index (χ1v) is 9.85. The van der Waals surface area contributed by atoms with Gasteiger partial charge in [0, 0.05) is 12.1 Å². The second-order valence-corrected chi connectivity index (χ2v) is 8.21. The molecule has 1 aliphatic carbocycles. The Balaban J connectivity index is 2.00. The average molecular weight is 389 g/mol. The lowest BCUT2D eigenvalue weighted by Crippen LogP contribution is -2.27. The van der Waals surface area contributed by atoms with Crippen LogP contribution < -0.4 is 10.0 Å². The van der Waals surface area contributed by atoms with E-state index in [1.807, 2.05) is 0 Å². The van der Waals surface area contributed by atoms with E-state index < -0.39 is 25.5 Å². The van der Waals surface area contributed by atoms with Gasteiger partial charge in [-0.05, 0) is 56.0 Å². The van der Waals surface area contributed by atoms with Crippen LogP contribution in [0.4, 0.5) is 11.4 Å². The summed E-state index contributed by atoms with van der Waals surface area (Å²) in [5, 5.41) is 14.1. The molecule has 2 aromatic carbocycles. The van der Waals surface area contributed by atoms with Gasteiger partial charge >= 0.3 is 0 Å². The van der Waals surface area contributed by atoms with E-state index in [4.69, 9.17) is 0 Å². The lowest BCUT2D eigenvalue weighted by molar-refractivity contribution is -0.387. The van der Waals surface area contributed by atoms with Gasteiger partial charge in [-0.3, -0.25) is 19.6 Å². The summed E-state index contributed by atoms with van der Waals surface area (Å²) >= 11 is 0. The van der Waals surface area contributed by atoms with Crippen molar-refractivity contribution in [2.75, 3.05) is 4.72 Å². The number of hydrogen-bond donors (Lipinski definition) is 2. The fraction of sp³-hybridized carbons (Fsp3) is 0.278. The molecule has 0 aromatic heterocycles. The fourth-order valence-corrected chi connectivity index (χ4v) is 3.91. The van der Waals surface area contributed by atoms with Gasteiger partial charge in [-0.1, -0.05) is 12.1 Å². The van der Waals surface area contributed by atoms with Crippen LogP contribution in [0.25, 0.3) is 0 Å². The molecule has 1 amide bonds. The summed E-state index contributed by atoms with van der Waals surface area (Å²) in [6.45, 7) is 3.35. The topological polar surface area (TPSA) is 118 Å². The van der Waals surface area contributed by atoms with E-state index >= 15 is 0 Å². The van der Waals surface area contributed by atoms with Gasteiger partial charge in [0.05, 0.1) is 16.2 Å². The number of benzene rings is 2. The highest BCUT2D eigenvalue weighted by Crippen LogP contribution is 2.30. The van der Waals surface area contributed by atoms with Crippen molar-refractivity contribution < 1.29 is 18.1 Å². The molecular formula is C18H19N3O5S. The molecule has 1 fully saturated rings. The highest BCUT2D eigenvalue weighted by molar-refractivity contribution is 7.92. The number of aryl methyl sites for hydroxylation is 2. The molecule has 0 unspecified atom stereocenters. The molecule has 0 saturated heterocycles. The lowest BCUT2D eigenvalue weighted by atomic mass is 10.1. The maximum atomic E-state index is 12.9. The SMILES string of the molecule is Cc1cc([N+](=O)[O-])c(S(=O)(=O)Nc2ccccc2C(=O)NC2CC2)cc1C. The predicted molar refractivity (Wildman–Crippen MR) is 100 cm³/mol. The maximum Gasteiger partial charge on any atom is 0.290 e. The number of amides is 1. The minimum absolute atomic E-state index is 0.0724. The summed E-state index contributed by atoms with van der Waals surface area (Å²) in [6, 6.07) is 8.77. The van der Waals surface area contributed by atoms with Crippen molar-refractivity contribution in [1.82, 2.24) is 5.32 Å². The number of para-hydroxylation sites is 1. The van der Waals surface area contributed by atoms with Crippen molar-refractivity contribution in [1.29, 1.82) is 0 Å². The van der Waals surface area contributed by atoms with Gasteiger partial charge in [0.2, 0.25) is 0 Å². The van der Waals surface area contributed by atoms with Crippen LogP contribution in [0.3, 0.4) is 0 Å². The number of sulfonamides is 1. The van der Waals surface area contributed by atoms with Crippen LogP contribution in [0, 0.1) is 24.0 Å². The van der Waals surface area contributed by atoms with Gasteiger partial charge in [0.15, 0.2) is 4.90 Å². The number of anilines is 1. The molecule has 0 heterocycles. The molecule has 27 heavy (non-hydrogen) atoms. The van der Waals surface area contributed by atoms with Crippen LogP contribution >= 0.6 is 0 Å². The highest BCUT2D eigenvalue weighted by Gasteiger charge is 2.29. The predicted octanol–water partition coefficient (Wildman–Crippen LogP) is 2.90. The zero-order valence-electron chi connectivity index (χ0n) is 14.9. The maximum absolute atomic E-state index is 12.9. The number of carbonyl (C=O) groups excluding carboxylic acids is 1. The normalized spacial score (nSPS) is 13.9. The number of carbonyl (C=O) groups is 1. The number of nitrogens with one attached hydrogen (secondary N) is 2. The molecular weight excluding hydrogens is 370 g/mol. The summed E-state index contributed by atoms with van der Waals surface area (Å²) in [4.78, 5) is 22.5. The second kappa shape index (κ2) is 6.99. The zero-order valence-corrected chi connectivity index (χ0v) is 15.7. The average Bonchev–Trinajstić information content (AvgIpc) is 3.40. The van der Waals surface area contributed by atoms with Crippen LogP contribution in [-0.4, -0.2) is 25.3 Å². The second-order valence-electron chi connectivity index (χ2n) is 6.56. The standard InChI is InChI=1S/C18H19N3O5S/c1-11-9-16(21(23)24)17(10-12(11)2)27(25,26)20-15-6-4-3-5-14(15)18(22)19-13-7-8-13/h3-6,9-10,13,20H,7-8H2,1-2H3,(H,19,22). The van der Waals surface area contributed by atoms with Crippen molar-refractivity contribution in [2.45, 2.75) is 37.6 Å². The minimum Gasteiger partial charge on any atom is -0.349 e. The van der Waals surface area contributed by atoms with Crippen LogP contribution in [0.2, 0.25) is 0 Å². The molecule has 1 saturated carbocycles. The first kappa shape index (κ1) is 18.8. The van der Waals surface area contributed by atoms with Crippen molar-refractivity contribution in [3.8, 4) is 0 Å². The Kier molecular flexibility index (Phi) is 4.88. The largest absolute Gasteiger partial charge is 0.349 e. The molecule has 142 valence electrons. The van der Waals surface area contributed by atoms with Crippen molar-refractivity contribution in [2.24, 2.45) is 0 Å².